The number of aromatic nitrogens is 2. The van der Waals surface area contributed by atoms with Crippen LogP contribution in [0, 0.1) is 13.8 Å². The topological polar surface area (TPSA) is 17.8 Å². The lowest BCUT2D eigenvalue weighted by Gasteiger charge is -2.13. The highest BCUT2D eigenvalue weighted by Crippen LogP contribution is 2.35. The fraction of sp³-hybridized carbons (Fsp3) is 0.769. The van der Waals surface area contributed by atoms with Crippen molar-refractivity contribution in [1.82, 2.24) is 9.55 Å². The molecular weight excluding hydrogens is 184 g/mol. The second-order valence-corrected chi connectivity index (χ2v) is 5.07. The maximum Gasteiger partial charge on any atom is 0.106 e. The monoisotopic (exact) mass is 206 g/mol. The number of nitrogens with zero attached hydrogens (tertiary/aromatic N) is 2. The Hall–Kier alpha value is -0.790. The zero-order chi connectivity index (χ0) is 11.0. The molecule has 0 aromatic carbocycles. The van der Waals surface area contributed by atoms with E-state index in [2.05, 4.69) is 32.3 Å². The molecule has 0 spiro atoms. The van der Waals surface area contributed by atoms with E-state index in [1.807, 2.05) is 0 Å². The van der Waals surface area contributed by atoms with Crippen molar-refractivity contribution in [2.24, 2.45) is 0 Å². The molecule has 0 radical (unpaired) electrons. The zero-order valence-electron chi connectivity index (χ0n) is 10.4. The molecule has 0 atom stereocenters. The molecule has 0 unspecified atom stereocenters. The van der Waals surface area contributed by atoms with Crippen molar-refractivity contribution in [3.05, 3.63) is 17.2 Å². The van der Waals surface area contributed by atoms with Crippen molar-refractivity contribution in [1.29, 1.82) is 0 Å². The zero-order valence-corrected chi connectivity index (χ0v) is 10.4. The molecule has 0 N–H and O–H groups in total. The maximum absolute atomic E-state index is 4.78. The molecule has 2 nitrogen and oxygen atoms in total. The van der Waals surface area contributed by atoms with E-state index in [0.717, 1.165) is 5.92 Å². The van der Waals surface area contributed by atoms with Crippen LogP contribution in [0.2, 0.25) is 0 Å². The fourth-order valence-corrected chi connectivity index (χ4v) is 3.02. The first-order valence-electron chi connectivity index (χ1n) is 6.16. The van der Waals surface area contributed by atoms with Gasteiger partial charge in [-0.05, 0) is 40.5 Å². The van der Waals surface area contributed by atoms with E-state index in [1.165, 1.54) is 42.9 Å². The van der Waals surface area contributed by atoms with Gasteiger partial charge in [0.15, 0.2) is 0 Å². The van der Waals surface area contributed by atoms with E-state index in [4.69, 9.17) is 4.98 Å². The highest BCUT2D eigenvalue weighted by atomic mass is 15.1. The van der Waals surface area contributed by atoms with Crippen LogP contribution in [-0.4, -0.2) is 9.55 Å². The SMILES string of the molecule is Cc1nc(C2CCCC2)c(C)n1C(C)C. The van der Waals surface area contributed by atoms with Crippen molar-refractivity contribution in [2.45, 2.75) is 65.3 Å². The van der Waals surface area contributed by atoms with Gasteiger partial charge >= 0.3 is 0 Å². The Morgan fingerprint density at radius 1 is 1.20 bits per heavy atom. The first kappa shape index (κ1) is 10.7. The van der Waals surface area contributed by atoms with Gasteiger partial charge in [0.2, 0.25) is 0 Å². The smallest absolute Gasteiger partial charge is 0.106 e. The van der Waals surface area contributed by atoms with Crippen LogP contribution in [0.1, 0.15) is 68.7 Å². The van der Waals surface area contributed by atoms with Crippen LogP contribution in [0.3, 0.4) is 0 Å². The van der Waals surface area contributed by atoms with E-state index in [9.17, 15) is 0 Å². The summed E-state index contributed by atoms with van der Waals surface area (Å²) in [6.07, 6.45) is 5.46. The van der Waals surface area contributed by atoms with E-state index in [0.29, 0.717) is 6.04 Å². The molecule has 1 saturated carbocycles. The number of hydrogen-bond acceptors (Lipinski definition) is 1. The molecule has 1 aliphatic carbocycles. The number of aryl methyl sites for hydroxylation is 1. The molecule has 84 valence electrons. The number of hydrogen-bond donors (Lipinski definition) is 0. The quantitative estimate of drug-likeness (QED) is 0.720. The van der Waals surface area contributed by atoms with Crippen LogP contribution in [0.25, 0.3) is 0 Å². The first-order chi connectivity index (χ1) is 7.11. The molecule has 2 rings (SSSR count). The molecule has 15 heavy (non-hydrogen) atoms. The van der Waals surface area contributed by atoms with E-state index in [-0.39, 0.29) is 0 Å². The summed E-state index contributed by atoms with van der Waals surface area (Å²) in [5.74, 6) is 1.92. The second-order valence-electron chi connectivity index (χ2n) is 5.07. The van der Waals surface area contributed by atoms with Gasteiger partial charge in [-0.3, -0.25) is 0 Å². The minimum Gasteiger partial charge on any atom is -0.330 e. The van der Waals surface area contributed by atoms with Crippen molar-refractivity contribution in [3.63, 3.8) is 0 Å². The van der Waals surface area contributed by atoms with Crippen LogP contribution < -0.4 is 0 Å². The highest BCUT2D eigenvalue weighted by Gasteiger charge is 2.23. The van der Waals surface area contributed by atoms with Gasteiger partial charge in [0.1, 0.15) is 5.82 Å². The van der Waals surface area contributed by atoms with Gasteiger partial charge < -0.3 is 4.57 Å². The third-order valence-electron chi connectivity index (χ3n) is 3.62. The van der Waals surface area contributed by atoms with Crippen molar-refractivity contribution >= 4 is 0 Å². The van der Waals surface area contributed by atoms with Crippen LogP contribution >= 0.6 is 0 Å². The molecule has 1 fully saturated rings. The lowest BCUT2D eigenvalue weighted by atomic mass is 10.0. The Bertz CT molecular complexity index is 344. The van der Waals surface area contributed by atoms with Crippen LogP contribution in [0.15, 0.2) is 0 Å². The Balaban J connectivity index is 2.36. The molecule has 1 aromatic rings. The normalized spacial score (nSPS) is 17.9. The molecule has 0 saturated heterocycles. The minimum absolute atomic E-state index is 0.535. The molecule has 2 heteroatoms. The van der Waals surface area contributed by atoms with Crippen molar-refractivity contribution in [2.75, 3.05) is 0 Å². The largest absolute Gasteiger partial charge is 0.330 e. The highest BCUT2D eigenvalue weighted by molar-refractivity contribution is 5.21. The second kappa shape index (κ2) is 3.99. The van der Waals surface area contributed by atoms with Crippen molar-refractivity contribution in [3.8, 4) is 0 Å². The van der Waals surface area contributed by atoms with Gasteiger partial charge in [0.05, 0.1) is 5.69 Å². The lowest BCUT2D eigenvalue weighted by Crippen LogP contribution is -2.05. The third-order valence-corrected chi connectivity index (χ3v) is 3.62. The summed E-state index contributed by atoms with van der Waals surface area (Å²) in [6, 6.07) is 0.535. The summed E-state index contributed by atoms with van der Waals surface area (Å²) in [6.45, 7) is 8.83. The summed E-state index contributed by atoms with van der Waals surface area (Å²) in [4.78, 5) is 4.78. The van der Waals surface area contributed by atoms with Gasteiger partial charge in [-0.2, -0.15) is 0 Å². The Morgan fingerprint density at radius 3 is 2.27 bits per heavy atom. The first-order valence-corrected chi connectivity index (χ1v) is 6.16. The summed E-state index contributed by atoms with van der Waals surface area (Å²) >= 11 is 0. The standard InChI is InChI=1S/C13H22N2/c1-9(2)15-10(3)13(14-11(15)4)12-7-5-6-8-12/h9,12H,5-8H2,1-4H3. The third kappa shape index (κ3) is 1.82. The van der Waals surface area contributed by atoms with E-state index >= 15 is 0 Å². The van der Waals surface area contributed by atoms with Crippen LogP contribution in [0.5, 0.6) is 0 Å². The van der Waals surface area contributed by atoms with Crippen LogP contribution in [-0.2, 0) is 0 Å². The van der Waals surface area contributed by atoms with Gasteiger partial charge in [-0.15, -0.1) is 0 Å². The molecule has 0 amide bonds. The predicted molar refractivity (Wildman–Crippen MR) is 63.3 cm³/mol. The molecule has 0 bridgehead atoms. The molecular formula is C13H22N2. The predicted octanol–water partition coefficient (Wildman–Crippen LogP) is 3.74. The maximum atomic E-state index is 4.78. The Kier molecular flexibility index (Phi) is 2.85. The summed E-state index contributed by atoms with van der Waals surface area (Å²) in [7, 11) is 0. The van der Waals surface area contributed by atoms with E-state index in [1.54, 1.807) is 0 Å². The average Bonchev–Trinajstić information content (AvgIpc) is 2.72. The van der Waals surface area contributed by atoms with Gasteiger partial charge in [-0.25, -0.2) is 4.98 Å². The Morgan fingerprint density at radius 2 is 1.80 bits per heavy atom. The summed E-state index contributed by atoms with van der Waals surface area (Å²) < 4.78 is 2.37. The molecule has 0 aliphatic heterocycles. The van der Waals surface area contributed by atoms with Gasteiger partial charge in [0, 0.05) is 17.7 Å². The summed E-state index contributed by atoms with van der Waals surface area (Å²) in [5.41, 5.74) is 2.77. The lowest BCUT2D eigenvalue weighted by molar-refractivity contribution is 0.566. The molecule has 1 aromatic heterocycles. The minimum atomic E-state index is 0.535. The average molecular weight is 206 g/mol. The Labute approximate surface area is 92.7 Å². The van der Waals surface area contributed by atoms with E-state index < -0.39 is 0 Å². The molecule has 1 aliphatic rings. The fourth-order valence-electron chi connectivity index (χ4n) is 3.02. The van der Waals surface area contributed by atoms with Crippen molar-refractivity contribution < 1.29 is 0 Å². The van der Waals surface area contributed by atoms with Crippen LogP contribution in [0.4, 0.5) is 0 Å². The van der Waals surface area contributed by atoms with Gasteiger partial charge in [-0.1, -0.05) is 12.8 Å². The van der Waals surface area contributed by atoms with Gasteiger partial charge in [0.25, 0.3) is 0 Å². The summed E-state index contributed by atoms with van der Waals surface area (Å²) in [5, 5.41) is 0. The molecule has 1 heterocycles. The number of rotatable bonds is 2. The number of imidazole rings is 1.